The summed E-state index contributed by atoms with van der Waals surface area (Å²) >= 11 is 2.81. The highest BCUT2D eigenvalue weighted by Crippen LogP contribution is 2.34. The number of fused-ring (bicyclic) bond motifs is 3. The maximum atomic E-state index is 13.4. The summed E-state index contributed by atoms with van der Waals surface area (Å²) in [6.07, 6.45) is 7.18. The van der Waals surface area contributed by atoms with Gasteiger partial charge in [-0.1, -0.05) is 31.5 Å². The number of nitrogens with zero attached hydrogens (tertiary/aromatic N) is 2. The van der Waals surface area contributed by atoms with Gasteiger partial charge in [0.25, 0.3) is 5.56 Å². The first kappa shape index (κ1) is 23.7. The Kier molecular flexibility index (Phi) is 8.91. The van der Waals surface area contributed by atoms with E-state index in [0.29, 0.717) is 24.9 Å². The second-order valence-corrected chi connectivity index (χ2v) is 9.56. The lowest BCUT2D eigenvalue weighted by atomic mass is 9.97. The molecule has 0 aliphatic heterocycles. The highest BCUT2D eigenvalue weighted by atomic mass is 32.2. The van der Waals surface area contributed by atoms with Crippen molar-refractivity contribution in [1.29, 1.82) is 0 Å². The van der Waals surface area contributed by atoms with Crippen molar-refractivity contribution in [3.8, 4) is 0 Å². The minimum atomic E-state index is -0.558. The van der Waals surface area contributed by atoms with E-state index in [1.807, 2.05) is 0 Å². The number of thiophene rings is 1. The average molecular weight is 467 g/mol. The maximum absolute atomic E-state index is 13.4. The number of carbonyl (C=O) groups excluding carboxylic acids is 2. The smallest absolute Gasteiger partial charge is 0.321 e. The van der Waals surface area contributed by atoms with Gasteiger partial charge in [0.2, 0.25) is 5.91 Å². The van der Waals surface area contributed by atoms with E-state index < -0.39 is 11.9 Å². The van der Waals surface area contributed by atoms with Crippen LogP contribution < -0.4 is 16.2 Å². The number of imide groups is 1. The summed E-state index contributed by atoms with van der Waals surface area (Å²) in [4.78, 5) is 44.2. The predicted octanol–water partition coefficient (Wildman–Crippen LogP) is 3.09. The highest BCUT2D eigenvalue weighted by molar-refractivity contribution is 7.99. The number of unbranched alkanes of at least 4 members (excludes halogenated alkanes) is 2. The van der Waals surface area contributed by atoms with Gasteiger partial charge in [-0.2, -0.15) is 0 Å². The number of aromatic nitrogens is 2. The standard InChI is InChI=1S/C21H30N4O4S2/c1-3-4-7-11-25-19(27)17-14-8-5-6-9-15(14)31-18(17)24-21(25)30-13-16(26)23-20(28)22-10-12-29-2/h3-13H2,1-2H3,(H2,22,23,26,28). The van der Waals surface area contributed by atoms with Gasteiger partial charge in [-0.25, -0.2) is 9.78 Å². The number of hydrogen-bond acceptors (Lipinski definition) is 7. The molecule has 10 heteroatoms. The summed E-state index contributed by atoms with van der Waals surface area (Å²) in [5, 5.41) is 6.15. The number of thioether (sulfide) groups is 1. The molecule has 0 fully saturated rings. The normalized spacial score (nSPS) is 13.2. The zero-order valence-electron chi connectivity index (χ0n) is 18.1. The average Bonchev–Trinajstić information content (AvgIpc) is 3.13. The van der Waals surface area contributed by atoms with Crippen LogP contribution in [-0.4, -0.2) is 47.5 Å². The molecule has 3 amide bonds. The Labute approximate surface area is 190 Å². The van der Waals surface area contributed by atoms with Crippen molar-refractivity contribution in [2.45, 2.75) is 63.6 Å². The molecule has 8 nitrogen and oxygen atoms in total. The van der Waals surface area contributed by atoms with E-state index in [4.69, 9.17) is 9.72 Å². The van der Waals surface area contributed by atoms with Gasteiger partial charge in [0.15, 0.2) is 5.16 Å². The number of urea groups is 1. The fourth-order valence-electron chi connectivity index (χ4n) is 3.65. The number of methoxy groups -OCH3 is 1. The second kappa shape index (κ2) is 11.6. The molecule has 2 heterocycles. The largest absolute Gasteiger partial charge is 0.383 e. The zero-order valence-corrected chi connectivity index (χ0v) is 19.8. The lowest BCUT2D eigenvalue weighted by Gasteiger charge is -2.13. The van der Waals surface area contributed by atoms with Gasteiger partial charge in [0.1, 0.15) is 4.83 Å². The van der Waals surface area contributed by atoms with E-state index in [9.17, 15) is 14.4 Å². The van der Waals surface area contributed by atoms with E-state index >= 15 is 0 Å². The molecule has 0 spiro atoms. The Morgan fingerprint density at radius 2 is 2.06 bits per heavy atom. The van der Waals surface area contributed by atoms with Crippen LogP contribution >= 0.6 is 23.1 Å². The molecule has 0 bridgehead atoms. The molecule has 2 aromatic heterocycles. The predicted molar refractivity (Wildman–Crippen MR) is 124 cm³/mol. The van der Waals surface area contributed by atoms with Crippen LogP contribution in [0.5, 0.6) is 0 Å². The third kappa shape index (κ3) is 6.08. The van der Waals surface area contributed by atoms with E-state index in [0.717, 1.165) is 55.2 Å². The topological polar surface area (TPSA) is 102 Å². The number of hydrogen-bond donors (Lipinski definition) is 2. The highest BCUT2D eigenvalue weighted by Gasteiger charge is 2.22. The van der Waals surface area contributed by atoms with Crippen LogP contribution in [-0.2, 0) is 28.9 Å². The minimum absolute atomic E-state index is 0.000667. The van der Waals surface area contributed by atoms with Crippen LogP contribution in [0, 0.1) is 0 Å². The van der Waals surface area contributed by atoms with Crippen molar-refractivity contribution >= 4 is 45.3 Å². The Hall–Kier alpha value is -1.91. The van der Waals surface area contributed by atoms with E-state index in [1.54, 1.807) is 15.9 Å². The first-order valence-electron chi connectivity index (χ1n) is 10.8. The molecule has 1 aliphatic rings. The van der Waals surface area contributed by atoms with Gasteiger partial charge in [0, 0.05) is 25.1 Å². The van der Waals surface area contributed by atoms with Gasteiger partial charge >= 0.3 is 6.03 Å². The van der Waals surface area contributed by atoms with Crippen LogP contribution in [0.2, 0.25) is 0 Å². The van der Waals surface area contributed by atoms with Crippen LogP contribution in [0.4, 0.5) is 4.79 Å². The molecule has 0 atom stereocenters. The lowest BCUT2D eigenvalue weighted by molar-refractivity contribution is -0.117. The fraction of sp³-hybridized carbons (Fsp3) is 0.619. The van der Waals surface area contributed by atoms with Gasteiger partial charge in [-0.3, -0.25) is 19.5 Å². The lowest BCUT2D eigenvalue weighted by Crippen LogP contribution is -2.41. The van der Waals surface area contributed by atoms with E-state index in [1.165, 1.54) is 29.3 Å². The molecule has 31 heavy (non-hydrogen) atoms. The molecule has 2 N–H and O–H groups in total. The number of carbonyl (C=O) groups is 2. The van der Waals surface area contributed by atoms with Crippen molar-refractivity contribution in [2.24, 2.45) is 0 Å². The van der Waals surface area contributed by atoms with Crippen LogP contribution in [0.3, 0.4) is 0 Å². The molecule has 0 aromatic carbocycles. The number of ether oxygens (including phenoxy) is 1. The Balaban J connectivity index is 1.78. The summed E-state index contributed by atoms with van der Waals surface area (Å²) in [7, 11) is 1.54. The summed E-state index contributed by atoms with van der Waals surface area (Å²) in [6, 6.07) is -0.558. The molecular weight excluding hydrogens is 436 g/mol. The number of nitrogens with one attached hydrogen (secondary N) is 2. The van der Waals surface area contributed by atoms with Gasteiger partial charge in [0.05, 0.1) is 17.7 Å². The van der Waals surface area contributed by atoms with E-state index in [-0.39, 0.29) is 11.3 Å². The molecule has 2 aromatic rings. The van der Waals surface area contributed by atoms with Crippen molar-refractivity contribution < 1.29 is 14.3 Å². The fourth-order valence-corrected chi connectivity index (χ4v) is 5.78. The minimum Gasteiger partial charge on any atom is -0.383 e. The molecule has 0 saturated heterocycles. The van der Waals surface area contributed by atoms with Gasteiger partial charge in [-0.05, 0) is 37.7 Å². The molecule has 1 aliphatic carbocycles. The molecule has 0 unspecified atom stereocenters. The van der Waals surface area contributed by atoms with Gasteiger partial charge < -0.3 is 10.1 Å². The van der Waals surface area contributed by atoms with Crippen molar-refractivity contribution in [1.82, 2.24) is 20.2 Å². The quantitative estimate of drug-likeness (QED) is 0.317. The second-order valence-electron chi connectivity index (χ2n) is 7.53. The first-order chi connectivity index (χ1) is 15.0. The molecule has 3 rings (SSSR count). The Bertz CT molecular complexity index is 986. The molecular formula is C21H30N4O4S2. The third-order valence-electron chi connectivity index (χ3n) is 5.20. The van der Waals surface area contributed by atoms with E-state index in [2.05, 4.69) is 17.6 Å². The maximum Gasteiger partial charge on any atom is 0.321 e. The van der Waals surface area contributed by atoms with Crippen LogP contribution in [0.1, 0.15) is 49.5 Å². The van der Waals surface area contributed by atoms with Crippen molar-refractivity contribution in [3.05, 3.63) is 20.8 Å². The number of aryl methyl sites for hydroxylation is 2. The monoisotopic (exact) mass is 466 g/mol. The van der Waals surface area contributed by atoms with Crippen LogP contribution in [0.15, 0.2) is 9.95 Å². The molecule has 170 valence electrons. The molecule has 0 radical (unpaired) electrons. The summed E-state index contributed by atoms with van der Waals surface area (Å²) in [6.45, 7) is 3.40. The van der Waals surface area contributed by atoms with Crippen molar-refractivity contribution in [2.75, 3.05) is 26.0 Å². The number of amides is 3. The Morgan fingerprint density at radius 3 is 2.84 bits per heavy atom. The van der Waals surface area contributed by atoms with Crippen LogP contribution in [0.25, 0.3) is 10.2 Å². The zero-order chi connectivity index (χ0) is 22.2. The molecule has 0 saturated carbocycles. The van der Waals surface area contributed by atoms with Gasteiger partial charge in [-0.15, -0.1) is 11.3 Å². The summed E-state index contributed by atoms with van der Waals surface area (Å²) in [5.41, 5.74) is 1.18. The summed E-state index contributed by atoms with van der Waals surface area (Å²) in [5.74, 6) is -0.422. The third-order valence-corrected chi connectivity index (χ3v) is 7.36. The SMILES string of the molecule is CCCCCn1c(SCC(=O)NC(=O)NCCOC)nc2sc3c(c2c1=O)CCCC3. The first-order valence-corrected chi connectivity index (χ1v) is 12.6. The van der Waals surface area contributed by atoms with Crippen molar-refractivity contribution in [3.63, 3.8) is 0 Å². The summed E-state index contributed by atoms with van der Waals surface area (Å²) < 4.78 is 6.58. The Morgan fingerprint density at radius 1 is 1.26 bits per heavy atom. The number of rotatable bonds is 10.